The van der Waals surface area contributed by atoms with Crippen molar-refractivity contribution < 1.29 is 23.1 Å². The molecule has 0 spiro atoms. The Morgan fingerprint density at radius 2 is 1.82 bits per heavy atom. The van der Waals surface area contributed by atoms with E-state index in [0.717, 1.165) is 46.1 Å². The van der Waals surface area contributed by atoms with Crippen molar-refractivity contribution in [2.45, 2.75) is 26.7 Å². The molecule has 2 heterocycles. The van der Waals surface area contributed by atoms with Crippen molar-refractivity contribution in [1.29, 1.82) is 0 Å². The number of esters is 1. The van der Waals surface area contributed by atoms with Gasteiger partial charge in [-0.25, -0.2) is 18.4 Å². The summed E-state index contributed by atoms with van der Waals surface area (Å²) in [4.78, 5) is 28.2. The Bertz CT molecular complexity index is 1320. The summed E-state index contributed by atoms with van der Waals surface area (Å²) in [7, 11) is 1.36. The molecule has 33 heavy (non-hydrogen) atoms. The van der Waals surface area contributed by atoms with Crippen LogP contribution < -0.4 is 5.32 Å². The van der Waals surface area contributed by atoms with E-state index in [1.165, 1.54) is 7.11 Å². The molecular weight excluding hydrogens is 450 g/mol. The van der Waals surface area contributed by atoms with Crippen molar-refractivity contribution in [3.63, 3.8) is 0 Å². The number of benzene rings is 2. The Morgan fingerprint density at radius 3 is 2.52 bits per heavy atom. The van der Waals surface area contributed by atoms with Crippen molar-refractivity contribution in [2.24, 2.45) is 0 Å². The number of carbonyl (C=O) groups excluding carboxylic acids is 2. The van der Waals surface area contributed by atoms with E-state index < -0.39 is 17.5 Å². The lowest BCUT2D eigenvalue weighted by atomic mass is 10.1. The summed E-state index contributed by atoms with van der Waals surface area (Å²) in [6.07, 6.45) is 0.800. The minimum absolute atomic E-state index is 0.248. The maximum atomic E-state index is 13.4. The van der Waals surface area contributed by atoms with E-state index in [0.29, 0.717) is 16.7 Å². The van der Waals surface area contributed by atoms with E-state index >= 15 is 0 Å². The van der Waals surface area contributed by atoms with Crippen LogP contribution in [-0.4, -0.2) is 33.8 Å². The van der Waals surface area contributed by atoms with Gasteiger partial charge in [-0.2, -0.15) is 5.10 Å². The first kappa shape index (κ1) is 22.5. The van der Waals surface area contributed by atoms with E-state index in [4.69, 9.17) is 4.74 Å². The molecule has 0 atom stereocenters. The minimum Gasteiger partial charge on any atom is -0.469 e. The van der Waals surface area contributed by atoms with Crippen LogP contribution in [0.2, 0.25) is 0 Å². The number of aryl methyl sites for hydroxylation is 1. The molecule has 0 bridgehead atoms. The van der Waals surface area contributed by atoms with E-state index in [-0.39, 0.29) is 23.0 Å². The summed E-state index contributed by atoms with van der Waals surface area (Å²) < 4.78 is 33.7. The Labute approximate surface area is 192 Å². The zero-order valence-electron chi connectivity index (χ0n) is 18.1. The fraction of sp³-hybridized carbons (Fsp3) is 0.217. The highest BCUT2D eigenvalue weighted by atomic mass is 32.1. The molecule has 0 saturated heterocycles. The summed E-state index contributed by atoms with van der Waals surface area (Å²) in [6, 6.07) is 8.90. The second-order valence-corrected chi connectivity index (χ2v) is 8.42. The number of nitrogens with zero attached hydrogens (tertiary/aromatic N) is 3. The van der Waals surface area contributed by atoms with Crippen LogP contribution in [-0.2, 0) is 16.0 Å². The molecule has 0 aliphatic carbocycles. The molecule has 0 aliphatic rings. The van der Waals surface area contributed by atoms with Gasteiger partial charge in [-0.15, -0.1) is 0 Å². The highest BCUT2D eigenvalue weighted by Gasteiger charge is 2.16. The average molecular weight is 471 g/mol. The number of carbonyl (C=O) groups is 2. The van der Waals surface area contributed by atoms with E-state index in [2.05, 4.69) is 15.4 Å². The predicted octanol–water partition coefficient (Wildman–Crippen LogP) is 4.73. The normalized spacial score (nSPS) is 11.1. The van der Waals surface area contributed by atoms with Gasteiger partial charge >= 0.3 is 5.97 Å². The lowest BCUT2D eigenvalue weighted by molar-refractivity contribution is -0.140. The number of hydrogen-bond acceptors (Lipinski definition) is 6. The average Bonchev–Trinajstić information content (AvgIpc) is 3.31. The number of fused-ring (bicyclic) bond motifs is 1. The molecule has 0 saturated carbocycles. The standard InChI is InChI=1S/C23H20F2N4O3S/c1-12-16(8-9-21(30)32-3)13(2)29(28-12)15-6-4-14(5-7-15)22(31)27-23-26-19-10-17(24)18(25)11-20(19)33-23/h4-7,10-11H,8-9H2,1-3H3,(H,26,27,31). The molecule has 1 amide bonds. The quantitative estimate of drug-likeness (QED) is 0.412. The smallest absolute Gasteiger partial charge is 0.305 e. The van der Waals surface area contributed by atoms with Gasteiger partial charge in [0.05, 0.1) is 28.7 Å². The predicted molar refractivity (Wildman–Crippen MR) is 121 cm³/mol. The fourth-order valence-electron chi connectivity index (χ4n) is 3.52. The van der Waals surface area contributed by atoms with Crippen LogP contribution in [0.15, 0.2) is 36.4 Å². The number of rotatable bonds is 6. The second kappa shape index (κ2) is 9.07. The van der Waals surface area contributed by atoms with Gasteiger partial charge in [0.2, 0.25) is 0 Å². The van der Waals surface area contributed by atoms with E-state index in [1.54, 1.807) is 28.9 Å². The van der Waals surface area contributed by atoms with Gasteiger partial charge in [0, 0.05) is 23.7 Å². The first-order valence-electron chi connectivity index (χ1n) is 10.1. The molecule has 2 aromatic heterocycles. The summed E-state index contributed by atoms with van der Waals surface area (Å²) in [5, 5.41) is 7.47. The maximum absolute atomic E-state index is 13.4. The van der Waals surface area contributed by atoms with Crippen molar-refractivity contribution in [3.8, 4) is 5.69 Å². The van der Waals surface area contributed by atoms with E-state index in [9.17, 15) is 18.4 Å². The molecule has 0 fully saturated rings. The fourth-order valence-corrected chi connectivity index (χ4v) is 4.39. The monoisotopic (exact) mass is 470 g/mol. The molecule has 7 nitrogen and oxygen atoms in total. The SMILES string of the molecule is COC(=O)CCc1c(C)nn(-c2ccc(C(=O)Nc3nc4cc(F)c(F)cc4s3)cc2)c1C. The van der Waals surface area contributed by atoms with Crippen LogP contribution in [0.1, 0.15) is 33.7 Å². The van der Waals surface area contributed by atoms with Gasteiger partial charge in [-0.3, -0.25) is 14.9 Å². The van der Waals surface area contributed by atoms with Gasteiger partial charge < -0.3 is 4.74 Å². The maximum Gasteiger partial charge on any atom is 0.305 e. The summed E-state index contributed by atoms with van der Waals surface area (Å²) in [5.74, 6) is -2.62. The van der Waals surface area contributed by atoms with Crippen molar-refractivity contribution >= 4 is 38.6 Å². The summed E-state index contributed by atoms with van der Waals surface area (Å²) in [5.41, 5.74) is 4.14. The molecule has 170 valence electrons. The molecule has 0 unspecified atom stereocenters. The van der Waals surface area contributed by atoms with Crippen molar-refractivity contribution in [2.75, 3.05) is 12.4 Å². The third-order valence-corrected chi connectivity index (χ3v) is 6.21. The number of ether oxygens (including phenoxy) is 1. The van der Waals surface area contributed by atoms with Crippen LogP contribution in [0.25, 0.3) is 15.9 Å². The second-order valence-electron chi connectivity index (χ2n) is 7.39. The number of nitrogens with one attached hydrogen (secondary N) is 1. The van der Waals surface area contributed by atoms with Gasteiger partial charge in [0.25, 0.3) is 5.91 Å². The number of thiazole rings is 1. The third kappa shape index (κ3) is 4.61. The van der Waals surface area contributed by atoms with Crippen LogP contribution in [0.3, 0.4) is 0 Å². The topological polar surface area (TPSA) is 86.1 Å². The van der Waals surface area contributed by atoms with Crippen LogP contribution >= 0.6 is 11.3 Å². The number of hydrogen-bond donors (Lipinski definition) is 1. The van der Waals surface area contributed by atoms with Gasteiger partial charge in [-0.1, -0.05) is 11.3 Å². The number of methoxy groups -OCH3 is 1. The largest absolute Gasteiger partial charge is 0.469 e. The zero-order valence-corrected chi connectivity index (χ0v) is 18.9. The molecule has 4 rings (SSSR count). The van der Waals surface area contributed by atoms with Crippen molar-refractivity contribution in [1.82, 2.24) is 14.8 Å². The minimum atomic E-state index is -0.987. The Hall–Kier alpha value is -3.66. The lowest BCUT2D eigenvalue weighted by Gasteiger charge is -2.07. The molecule has 1 N–H and O–H groups in total. The summed E-state index contributed by atoms with van der Waals surface area (Å²) in [6.45, 7) is 3.81. The third-order valence-electron chi connectivity index (χ3n) is 5.27. The number of aromatic nitrogens is 3. The molecular formula is C23H20F2N4O3S. The van der Waals surface area contributed by atoms with Crippen molar-refractivity contribution in [3.05, 3.63) is 70.5 Å². The molecule has 4 aromatic rings. The number of anilines is 1. The molecule has 2 aromatic carbocycles. The zero-order chi connectivity index (χ0) is 23.7. The number of amides is 1. The van der Waals surface area contributed by atoms with Crippen LogP contribution in [0.4, 0.5) is 13.9 Å². The first-order chi connectivity index (χ1) is 15.8. The van der Waals surface area contributed by atoms with Crippen LogP contribution in [0.5, 0.6) is 0 Å². The van der Waals surface area contributed by atoms with Gasteiger partial charge in [0.1, 0.15) is 0 Å². The lowest BCUT2D eigenvalue weighted by Crippen LogP contribution is -2.11. The molecule has 0 radical (unpaired) electrons. The highest BCUT2D eigenvalue weighted by Crippen LogP contribution is 2.28. The summed E-state index contributed by atoms with van der Waals surface area (Å²) >= 11 is 1.06. The Balaban J connectivity index is 1.50. The Morgan fingerprint density at radius 1 is 1.12 bits per heavy atom. The first-order valence-corrected chi connectivity index (χ1v) is 10.9. The number of halogens is 2. The van der Waals surface area contributed by atoms with Gasteiger partial charge in [0.15, 0.2) is 16.8 Å². The molecule has 10 heteroatoms. The Kier molecular flexibility index (Phi) is 6.19. The molecule has 0 aliphatic heterocycles. The van der Waals surface area contributed by atoms with E-state index in [1.807, 2.05) is 13.8 Å². The van der Waals surface area contributed by atoms with Crippen LogP contribution in [0, 0.1) is 25.5 Å². The van der Waals surface area contributed by atoms with Gasteiger partial charge in [-0.05, 0) is 56.2 Å². The highest BCUT2D eigenvalue weighted by molar-refractivity contribution is 7.22.